The molecule has 0 radical (unpaired) electrons. The Labute approximate surface area is 167 Å². The zero-order chi connectivity index (χ0) is 19.9. The van der Waals surface area contributed by atoms with Crippen LogP contribution in [0.1, 0.15) is 32.9 Å². The minimum Gasteiger partial charge on any atom is -0.267 e. The van der Waals surface area contributed by atoms with Crippen molar-refractivity contribution in [1.82, 2.24) is 15.4 Å². The van der Waals surface area contributed by atoms with Crippen molar-refractivity contribution in [2.75, 3.05) is 0 Å². The molecule has 0 spiro atoms. The first-order chi connectivity index (χ1) is 13.5. The lowest BCUT2D eigenvalue weighted by Gasteiger charge is -2.05. The summed E-state index contributed by atoms with van der Waals surface area (Å²) in [7, 11) is 0. The zero-order valence-corrected chi connectivity index (χ0v) is 16.3. The summed E-state index contributed by atoms with van der Waals surface area (Å²) < 4.78 is 12.9. The third-order valence-corrected chi connectivity index (χ3v) is 4.71. The van der Waals surface area contributed by atoms with Gasteiger partial charge in [-0.2, -0.15) is 5.10 Å². The summed E-state index contributed by atoms with van der Waals surface area (Å²) in [6.45, 7) is 3.90. The molecule has 5 nitrogen and oxygen atoms in total. The molecule has 0 unspecified atom stereocenters. The molecule has 0 saturated heterocycles. The van der Waals surface area contributed by atoms with Gasteiger partial charge in [0.05, 0.1) is 6.21 Å². The number of carbonyl (C=O) groups excluding carboxylic acids is 1. The number of thioether (sulfide) groups is 1. The second kappa shape index (κ2) is 9.23. The number of aromatic nitrogens is 2. The van der Waals surface area contributed by atoms with Crippen molar-refractivity contribution in [3.8, 4) is 0 Å². The van der Waals surface area contributed by atoms with Crippen LogP contribution < -0.4 is 5.43 Å². The van der Waals surface area contributed by atoms with Gasteiger partial charge in [0.1, 0.15) is 5.82 Å². The number of nitrogens with zero attached hydrogens (tertiary/aromatic N) is 3. The van der Waals surface area contributed by atoms with E-state index in [4.69, 9.17) is 0 Å². The van der Waals surface area contributed by atoms with Crippen molar-refractivity contribution >= 4 is 23.9 Å². The van der Waals surface area contributed by atoms with Crippen LogP contribution in [-0.4, -0.2) is 22.1 Å². The molecule has 0 fully saturated rings. The van der Waals surface area contributed by atoms with Crippen LogP contribution in [0.15, 0.2) is 64.9 Å². The normalized spacial score (nSPS) is 11.0. The molecule has 1 heterocycles. The van der Waals surface area contributed by atoms with Crippen molar-refractivity contribution in [3.63, 3.8) is 0 Å². The van der Waals surface area contributed by atoms with Gasteiger partial charge in [-0.15, -0.1) is 0 Å². The van der Waals surface area contributed by atoms with Crippen LogP contribution in [0.25, 0.3) is 0 Å². The molecule has 142 valence electrons. The molecule has 7 heteroatoms. The van der Waals surface area contributed by atoms with Crippen LogP contribution in [0.4, 0.5) is 4.39 Å². The minimum absolute atomic E-state index is 0.310. The number of carbonyl (C=O) groups is 1. The summed E-state index contributed by atoms with van der Waals surface area (Å²) in [6, 6.07) is 15.1. The van der Waals surface area contributed by atoms with Gasteiger partial charge in [-0.25, -0.2) is 19.8 Å². The summed E-state index contributed by atoms with van der Waals surface area (Å²) in [6.07, 6.45) is 1.46. The van der Waals surface area contributed by atoms with Crippen molar-refractivity contribution in [2.24, 2.45) is 5.10 Å². The number of halogens is 1. The van der Waals surface area contributed by atoms with Gasteiger partial charge in [0, 0.05) is 22.7 Å². The van der Waals surface area contributed by atoms with Crippen molar-refractivity contribution in [1.29, 1.82) is 0 Å². The van der Waals surface area contributed by atoms with Gasteiger partial charge in [0.2, 0.25) is 0 Å². The Morgan fingerprint density at radius 2 is 1.71 bits per heavy atom. The van der Waals surface area contributed by atoms with Gasteiger partial charge in [0.15, 0.2) is 5.16 Å². The predicted molar refractivity (Wildman–Crippen MR) is 109 cm³/mol. The van der Waals surface area contributed by atoms with E-state index in [1.54, 1.807) is 36.0 Å². The maximum absolute atomic E-state index is 12.9. The van der Waals surface area contributed by atoms with E-state index in [0.29, 0.717) is 16.9 Å². The molecule has 1 amide bonds. The molecule has 3 aromatic rings. The summed E-state index contributed by atoms with van der Waals surface area (Å²) >= 11 is 1.56. The third-order valence-electron chi connectivity index (χ3n) is 3.80. The van der Waals surface area contributed by atoms with Gasteiger partial charge >= 0.3 is 0 Å². The largest absolute Gasteiger partial charge is 0.271 e. The quantitative estimate of drug-likeness (QED) is 0.293. The third kappa shape index (κ3) is 5.72. The lowest BCUT2D eigenvalue weighted by molar-refractivity contribution is 0.0955. The van der Waals surface area contributed by atoms with Crippen molar-refractivity contribution in [3.05, 3.63) is 88.5 Å². The average molecular weight is 394 g/mol. The Bertz CT molecular complexity index is 968. The first-order valence-electron chi connectivity index (χ1n) is 8.62. The van der Waals surface area contributed by atoms with E-state index in [2.05, 4.69) is 20.5 Å². The van der Waals surface area contributed by atoms with Crippen LogP contribution in [0, 0.1) is 19.7 Å². The fourth-order valence-corrected chi connectivity index (χ4v) is 3.34. The van der Waals surface area contributed by atoms with Gasteiger partial charge < -0.3 is 0 Å². The number of hydrogen-bond donors (Lipinski definition) is 1. The molecule has 0 saturated carbocycles. The van der Waals surface area contributed by atoms with Gasteiger partial charge in [-0.1, -0.05) is 36.0 Å². The molecular weight excluding hydrogens is 375 g/mol. The van der Waals surface area contributed by atoms with E-state index in [-0.39, 0.29) is 11.7 Å². The standard InChI is InChI=1S/C21H19FN4OS/c1-14-11-15(2)25-21(24-14)28-13-17-3-7-18(8-4-17)20(27)26-23-12-16-5-9-19(22)10-6-16/h3-12H,13H2,1-2H3,(H,26,27)/b23-12+. The van der Waals surface area contributed by atoms with Crippen LogP contribution in [0.5, 0.6) is 0 Å². The molecule has 1 aromatic heterocycles. The van der Waals surface area contributed by atoms with Crippen molar-refractivity contribution < 1.29 is 9.18 Å². The minimum atomic E-state index is -0.316. The maximum Gasteiger partial charge on any atom is 0.271 e. The van der Waals surface area contributed by atoms with E-state index in [9.17, 15) is 9.18 Å². The fraction of sp³-hybridized carbons (Fsp3) is 0.143. The van der Waals surface area contributed by atoms with Gasteiger partial charge in [-0.3, -0.25) is 4.79 Å². The lowest BCUT2D eigenvalue weighted by Crippen LogP contribution is -2.17. The average Bonchev–Trinajstić information content (AvgIpc) is 2.67. The second-order valence-electron chi connectivity index (χ2n) is 6.17. The highest BCUT2D eigenvalue weighted by molar-refractivity contribution is 7.98. The summed E-state index contributed by atoms with van der Waals surface area (Å²) in [5.41, 5.74) is 6.63. The topological polar surface area (TPSA) is 67.2 Å². The molecule has 1 N–H and O–H groups in total. The van der Waals surface area contributed by atoms with E-state index < -0.39 is 0 Å². The van der Waals surface area contributed by atoms with Crippen LogP contribution in [0.3, 0.4) is 0 Å². The fourth-order valence-electron chi connectivity index (χ4n) is 2.44. The van der Waals surface area contributed by atoms with E-state index >= 15 is 0 Å². The number of rotatable bonds is 6. The molecule has 0 atom stereocenters. The Hall–Kier alpha value is -3.06. The molecule has 0 aliphatic rings. The monoisotopic (exact) mass is 394 g/mol. The SMILES string of the molecule is Cc1cc(C)nc(SCc2ccc(C(=O)N/N=C/c3ccc(F)cc3)cc2)n1. The molecular formula is C21H19FN4OS. The van der Waals surface area contributed by atoms with Gasteiger partial charge in [0.25, 0.3) is 5.91 Å². The molecule has 2 aromatic carbocycles. The van der Waals surface area contributed by atoms with Gasteiger partial charge in [-0.05, 0) is 55.3 Å². The number of hydrogen-bond acceptors (Lipinski definition) is 5. The maximum atomic E-state index is 12.9. The smallest absolute Gasteiger partial charge is 0.267 e. The first kappa shape index (κ1) is 19.7. The summed E-state index contributed by atoms with van der Waals surface area (Å²) in [5.74, 6) is 0.0896. The molecule has 0 aliphatic carbocycles. The highest BCUT2D eigenvalue weighted by atomic mass is 32.2. The van der Waals surface area contributed by atoms with Crippen LogP contribution in [-0.2, 0) is 5.75 Å². The molecule has 3 rings (SSSR count). The Balaban J connectivity index is 1.54. The summed E-state index contributed by atoms with van der Waals surface area (Å²) in [5, 5.41) is 4.64. The number of amides is 1. The number of benzene rings is 2. The summed E-state index contributed by atoms with van der Waals surface area (Å²) in [4.78, 5) is 21.0. The van der Waals surface area contributed by atoms with Crippen molar-refractivity contribution in [2.45, 2.75) is 24.8 Å². The zero-order valence-electron chi connectivity index (χ0n) is 15.5. The lowest BCUT2D eigenvalue weighted by atomic mass is 10.1. The molecule has 0 aliphatic heterocycles. The number of hydrazone groups is 1. The van der Waals surface area contributed by atoms with E-state index in [1.165, 1.54) is 18.3 Å². The Kier molecular flexibility index (Phi) is 6.49. The van der Waals surface area contributed by atoms with E-state index in [0.717, 1.165) is 22.1 Å². The number of nitrogens with one attached hydrogen (secondary N) is 1. The van der Waals surface area contributed by atoms with E-state index in [1.807, 2.05) is 32.0 Å². The Morgan fingerprint density at radius 3 is 2.36 bits per heavy atom. The predicted octanol–water partition coefficient (Wildman–Crippen LogP) is 4.29. The highest BCUT2D eigenvalue weighted by Crippen LogP contribution is 2.20. The van der Waals surface area contributed by atoms with Crippen LogP contribution in [0.2, 0.25) is 0 Å². The molecule has 0 bridgehead atoms. The molecule has 28 heavy (non-hydrogen) atoms. The number of aryl methyl sites for hydroxylation is 2. The first-order valence-corrected chi connectivity index (χ1v) is 9.61. The highest BCUT2D eigenvalue weighted by Gasteiger charge is 2.06. The second-order valence-corrected chi connectivity index (χ2v) is 7.11. The Morgan fingerprint density at radius 1 is 1.07 bits per heavy atom. The van der Waals surface area contributed by atoms with Crippen LogP contribution >= 0.6 is 11.8 Å².